The summed E-state index contributed by atoms with van der Waals surface area (Å²) in [5.74, 6) is 0.835. The Bertz CT molecular complexity index is 769. The van der Waals surface area contributed by atoms with Gasteiger partial charge < -0.3 is 9.73 Å². The van der Waals surface area contributed by atoms with E-state index >= 15 is 0 Å². The maximum absolute atomic E-state index is 12.7. The predicted molar refractivity (Wildman–Crippen MR) is 92.8 cm³/mol. The first-order valence-corrected chi connectivity index (χ1v) is 10.8. The summed E-state index contributed by atoms with van der Waals surface area (Å²) in [5, 5.41) is 2.98. The standard InChI is InChI=1S/C18H26N2O4S/c1-13-16(25(22,23)20-9-2-3-10-20)11-15(24-13)17(21)19-12-18(7-4-8-18)14-5-6-14/h11,14H,2-10,12H2,1H3,(H,19,21). The minimum absolute atomic E-state index is 0.0977. The van der Waals surface area contributed by atoms with Gasteiger partial charge in [0, 0.05) is 25.7 Å². The zero-order valence-electron chi connectivity index (χ0n) is 14.7. The van der Waals surface area contributed by atoms with Gasteiger partial charge in [-0.15, -0.1) is 0 Å². The molecule has 0 aromatic carbocycles. The van der Waals surface area contributed by atoms with Gasteiger partial charge in [-0.3, -0.25) is 4.79 Å². The van der Waals surface area contributed by atoms with E-state index in [1.807, 2.05) is 0 Å². The quantitative estimate of drug-likeness (QED) is 0.839. The molecule has 2 saturated carbocycles. The first-order valence-electron chi connectivity index (χ1n) is 9.31. The van der Waals surface area contributed by atoms with Crippen LogP contribution in [-0.4, -0.2) is 38.3 Å². The van der Waals surface area contributed by atoms with Crippen LogP contribution in [0.4, 0.5) is 0 Å². The van der Waals surface area contributed by atoms with Gasteiger partial charge >= 0.3 is 0 Å². The topological polar surface area (TPSA) is 79.6 Å². The number of nitrogens with one attached hydrogen (secondary N) is 1. The maximum atomic E-state index is 12.7. The Morgan fingerprint density at radius 3 is 2.52 bits per heavy atom. The van der Waals surface area contributed by atoms with Crippen molar-refractivity contribution in [1.82, 2.24) is 9.62 Å². The molecule has 1 amide bonds. The summed E-state index contributed by atoms with van der Waals surface area (Å²) in [6.07, 6.45) is 7.92. The molecule has 0 radical (unpaired) electrons. The molecule has 2 aliphatic carbocycles. The lowest BCUT2D eigenvalue weighted by molar-refractivity contribution is 0.0760. The van der Waals surface area contributed by atoms with Crippen LogP contribution in [0.3, 0.4) is 0 Å². The molecule has 1 N–H and O–H groups in total. The maximum Gasteiger partial charge on any atom is 0.287 e. The molecule has 7 heteroatoms. The second-order valence-corrected chi connectivity index (χ2v) is 9.72. The fourth-order valence-corrected chi connectivity index (χ4v) is 5.98. The van der Waals surface area contributed by atoms with Crippen LogP contribution in [0.2, 0.25) is 0 Å². The minimum atomic E-state index is -3.56. The minimum Gasteiger partial charge on any atom is -0.455 e. The zero-order valence-corrected chi connectivity index (χ0v) is 15.5. The summed E-state index contributed by atoms with van der Waals surface area (Å²) in [6, 6.07) is 1.39. The van der Waals surface area contributed by atoms with Crippen LogP contribution in [0.1, 0.15) is 61.3 Å². The molecule has 2 heterocycles. The highest BCUT2D eigenvalue weighted by atomic mass is 32.2. The molecular formula is C18H26N2O4S. The smallest absolute Gasteiger partial charge is 0.287 e. The Morgan fingerprint density at radius 2 is 1.96 bits per heavy atom. The second kappa shape index (κ2) is 6.13. The fraction of sp³-hybridized carbons (Fsp3) is 0.722. The highest BCUT2D eigenvalue weighted by Gasteiger charge is 2.49. The molecule has 0 atom stereocenters. The van der Waals surface area contributed by atoms with Gasteiger partial charge in [0.25, 0.3) is 5.91 Å². The van der Waals surface area contributed by atoms with E-state index in [1.54, 1.807) is 6.92 Å². The molecular weight excluding hydrogens is 340 g/mol. The van der Waals surface area contributed by atoms with E-state index in [2.05, 4.69) is 5.32 Å². The van der Waals surface area contributed by atoms with Crippen molar-refractivity contribution in [3.8, 4) is 0 Å². The Labute approximate surface area is 149 Å². The van der Waals surface area contributed by atoms with Gasteiger partial charge in [-0.25, -0.2) is 8.42 Å². The number of hydrogen-bond acceptors (Lipinski definition) is 4. The molecule has 0 unspecified atom stereocenters. The van der Waals surface area contributed by atoms with E-state index in [-0.39, 0.29) is 27.7 Å². The number of furan rings is 1. The van der Waals surface area contributed by atoms with Gasteiger partial charge in [0.1, 0.15) is 10.7 Å². The van der Waals surface area contributed by atoms with Crippen molar-refractivity contribution in [1.29, 1.82) is 0 Å². The number of carbonyl (C=O) groups excluding carboxylic acids is 1. The van der Waals surface area contributed by atoms with Crippen molar-refractivity contribution in [3.05, 3.63) is 17.6 Å². The van der Waals surface area contributed by atoms with E-state index in [4.69, 9.17) is 4.42 Å². The number of aryl methyl sites for hydroxylation is 1. The number of hydrogen-bond donors (Lipinski definition) is 1. The third-order valence-corrected chi connectivity index (χ3v) is 8.18. The lowest BCUT2D eigenvalue weighted by Crippen LogP contribution is -2.43. The molecule has 1 aliphatic heterocycles. The van der Waals surface area contributed by atoms with Crippen LogP contribution in [-0.2, 0) is 10.0 Å². The van der Waals surface area contributed by atoms with Crippen molar-refractivity contribution in [3.63, 3.8) is 0 Å². The monoisotopic (exact) mass is 366 g/mol. The first kappa shape index (κ1) is 17.1. The molecule has 4 rings (SSSR count). The molecule has 0 spiro atoms. The second-order valence-electron chi connectivity index (χ2n) is 7.82. The largest absolute Gasteiger partial charge is 0.455 e. The summed E-state index contributed by atoms with van der Waals surface area (Å²) in [7, 11) is -3.56. The summed E-state index contributed by atoms with van der Waals surface area (Å²) in [4.78, 5) is 12.6. The van der Waals surface area contributed by atoms with E-state index < -0.39 is 10.0 Å². The van der Waals surface area contributed by atoms with E-state index in [1.165, 1.54) is 42.5 Å². The van der Waals surface area contributed by atoms with Crippen LogP contribution in [0.25, 0.3) is 0 Å². The van der Waals surface area contributed by atoms with E-state index in [9.17, 15) is 13.2 Å². The molecule has 138 valence electrons. The molecule has 6 nitrogen and oxygen atoms in total. The Kier molecular flexibility index (Phi) is 4.19. The van der Waals surface area contributed by atoms with Crippen LogP contribution < -0.4 is 5.32 Å². The van der Waals surface area contributed by atoms with Gasteiger partial charge in [0.2, 0.25) is 10.0 Å². The lowest BCUT2D eigenvalue weighted by Gasteiger charge is -2.42. The molecule has 1 aromatic heterocycles. The fourth-order valence-electron chi connectivity index (χ4n) is 4.30. The molecule has 1 saturated heterocycles. The summed E-state index contributed by atoms with van der Waals surface area (Å²) in [5.41, 5.74) is 0.280. The molecule has 0 bridgehead atoms. The number of amides is 1. The number of sulfonamides is 1. The van der Waals surface area contributed by atoms with E-state index in [0.29, 0.717) is 19.6 Å². The highest BCUT2D eigenvalue weighted by Crippen LogP contribution is 2.56. The summed E-state index contributed by atoms with van der Waals surface area (Å²) >= 11 is 0. The van der Waals surface area contributed by atoms with Crippen molar-refractivity contribution in [2.45, 2.75) is 56.8 Å². The molecule has 25 heavy (non-hydrogen) atoms. The van der Waals surface area contributed by atoms with Crippen LogP contribution in [0.15, 0.2) is 15.4 Å². The predicted octanol–water partition coefficient (Wildman–Crippen LogP) is 2.68. The molecule has 3 aliphatic rings. The van der Waals surface area contributed by atoms with Crippen LogP contribution in [0, 0.1) is 18.3 Å². The number of nitrogens with zero attached hydrogens (tertiary/aromatic N) is 1. The highest BCUT2D eigenvalue weighted by molar-refractivity contribution is 7.89. The van der Waals surface area contributed by atoms with Gasteiger partial charge in [-0.05, 0) is 56.8 Å². The SMILES string of the molecule is Cc1oc(C(=O)NCC2(C3CC3)CCC2)cc1S(=O)(=O)N1CCCC1. The zero-order chi connectivity index (χ0) is 17.7. The third kappa shape index (κ3) is 3.01. The Morgan fingerprint density at radius 1 is 1.28 bits per heavy atom. The number of rotatable bonds is 6. The number of carbonyl (C=O) groups is 1. The van der Waals surface area contributed by atoms with Gasteiger partial charge in [-0.1, -0.05) is 6.42 Å². The van der Waals surface area contributed by atoms with Crippen molar-refractivity contribution >= 4 is 15.9 Å². The van der Waals surface area contributed by atoms with Crippen molar-refractivity contribution in [2.75, 3.05) is 19.6 Å². The average molecular weight is 366 g/mol. The van der Waals surface area contributed by atoms with Crippen molar-refractivity contribution in [2.24, 2.45) is 11.3 Å². The Hall–Kier alpha value is -1.34. The lowest BCUT2D eigenvalue weighted by atomic mass is 9.65. The van der Waals surface area contributed by atoms with Gasteiger partial charge in [0.05, 0.1) is 0 Å². The molecule has 1 aromatic rings. The van der Waals surface area contributed by atoms with Gasteiger partial charge in [-0.2, -0.15) is 4.31 Å². The van der Waals surface area contributed by atoms with Crippen molar-refractivity contribution < 1.29 is 17.6 Å². The Balaban J connectivity index is 1.47. The summed E-state index contributed by atoms with van der Waals surface area (Å²) < 4.78 is 32.4. The van der Waals surface area contributed by atoms with Gasteiger partial charge in [0.15, 0.2) is 5.76 Å². The molecule has 3 fully saturated rings. The van der Waals surface area contributed by atoms with Crippen LogP contribution in [0.5, 0.6) is 0 Å². The third-order valence-electron chi connectivity index (χ3n) is 6.17. The van der Waals surface area contributed by atoms with Crippen LogP contribution >= 0.6 is 0 Å². The van der Waals surface area contributed by atoms with E-state index in [0.717, 1.165) is 18.8 Å². The first-order chi connectivity index (χ1) is 11.9. The average Bonchev–Trinajstić information content (AvgIpc) is 3.08. The summed E-state index contributed by atoms with van der Waals surface area (Å²) in [6.45, 7) is 3.36. The normalized spacial score (nSPS) is 23.4.